The third-order valence-corrected chi connectivity index (χ3v) is 7.19. The Morgan fingerprint density at radius 1 is 1.03 bits per heavy atom. The van der Waals surface area contributed by atoms with Crippen molar-refractivity contribution in [2.24, 2.45) is 0 Å². The molecule has 1 aromatic carbocycles. The summed E-state index contributed by atoms with van der Waals surface area (Å²) in [5, 5.41) is 6.62. The minimum Gasteiger partial charge on any atom is -0.381 e. The first-order valence-corrected chi connectivity index (χ1v) is 12.3. The van der Waals surface area contributed by atoms with Crippen LogP contribution in [0.25, 0.3) is 16.8 Å². The van der Waals surface area contributed by atoms with Crippen LogP contribution in [0.2, 0.25) is 0 Å². The van der Waals surface area contributed by atoms with Crippen molar-refractivity contribution < 1.29 is 18.4 Å². The highest BCUT2D eigenvalue weighted by atomic mass is 19.1. The van der Waals surface area contributed by atoms with Crippen LogP contribution in [0.1, 0.15) is 33.6 Å². The highest BCUT2D eigenvalue weighted by Crippen LogP contribution is 2.32. The number of benzene rings is 1. The number of nitrogens with two attached hydrogens (primary N) is 1. The first-order chi connectivity index (χ1) is 18.4. The van der Waals surface area contributed by atoms with Crippen LogP contribution >= 0.6 is 0 Å². The molecule has 4 aromatic rings. The Hall–Kier alpha value is -4.45. The Morgan fingerprint density at radius 2 is 1.84 bits per heavy atom. The maximum Gasteiger partial charge on any atom is 0.263 e. The lowest BCUT2D eigenvalue weighted by Gasteiger charge is -2.31. The number of pyridine rings is 1. The van der Waals surface area contributed by atoms with Crippen LogP contribution in [-0.2, 0) is 0 Å². The third kappa shape index (κ3) is 4.22. The van der Waals surface area contributed by atoms with Gasteiger partial charge in [0.1, 0.15) is 11.4 Å². The molecule has 10 nitrogen and oxygen atoms in total. The predicted octanol–water partition coefficient (Wildman–Crippen LogP) is 2.82. The van der Waals surface area contributed by atoms with Crippen LogP contribution in [0.5, 0.6) is 0 Å². The molecule has 0 atom stereocenters. The zero-order valence-electron chi connectivity index (χ0n) is 20.3. The molecule has 6 heterocycles. The van der Waals surface area contributed by atoms with Crippen molar-refractivity contribution in [2.75, 3.05) is 37.2 Å². The van der Waals surface area contributed by atoms with Crippen molar-refractivity contribution in [2.45, 2.75) is 18.9 Å². The van der Waals surface area contributed by atoms with Gasteiger partial charge in [-0.15, -0.1) is 5.10 Å². The van der Waals surface area contributed by atoms with Gasteiger partial charge in [0.05, 0.1) is 24.3 Å². The molecule has 2 amide bonds. The zero-order chi connectivity index (χ0) is 26.4. The highest BCUT2D eigenvalue weighted by molar-refractivity contribution is 6.12. The second-order valence-electron chi connectivity index (χ2n) is 9.44. The molecule has 3 aliphatic heterocycles. The summed E-state index contributed by atoms with van der Waals surface area (Å²) in [6.07, 6.45) is 6.71. The molecule has 0 radical (unpaired) electrons. The third-order valence-electron chi connectivity index (χ3n) is 7.19. The Morgan fingerprint density at radius 3 is 2.63 bits per heavy atom. The lowest BCUT2D eigenvalue weighted by molar-refractivity contribution is 0.0684. The van der Waals surface area contributed by atoms with Crippen LogP contribution < -0.4 is 11.1 Å². The molecule has 194 valence electrons. The summed E-state index contributed by atoms with van der Waals surface area (Å²) in [6.45, 7) is 3.41. The molecule has 38 heavy (non-hydrogen) atoms. The molecule has 3 N–H and O–H groups in total. The van der Waals surface area contributed by atoms with E-state index in [1.165, 1.54) is 24.5 Å². The second kappa shape index (κ2) is 9.45. The average Bonchev–Trinajstić information content (AvgIpc) is 3.03. The monoisotopic (exact) mass is 518 g/mol. The number of anilines is 2. The summed E-state index contributed by atoms with van der Waals surface area (Å²) in [6, 6.07) is 6.10. The van der Waals surface area contributed by atoms with Gasteiger partial charge in [0.2, 0.25) is 0 Å². The van der Waals surface area contributed by atoms with Crippen molar-refractivity contribution in [1.29, 1.82) is 0 Å². The summed E-state index contributed by atoms with van der Waals surface area (Å²) >= 11 is 0. The Balaban J connectivity index is 1.28. The molecule has 0 spiro atoms. The molecule has 3 fully saturated rings. The standard InChI is InChI=1S/C26H24F2N8O2/c27-16-12-31-24-22(23(29)33-36(24)14-16)25(37)32-21-13-30-6-3-19(21)18-2-1-15(11-20(18)28)26(38)35-10-9-34-7-4-17(35)5-8-34/h1-3,6,11-14,17H,4-5,7-10H2,(H2,29,33)(H,32,37). The number of rotatable bonds is 4. The van der Waals surface area contributed by atoms with Crippen LogP contribution in [0.3, 0.4) is 0 Å². The Kier molecular flexibility index (Phi) is 5.95. The molecule has 0 unspecified atom stereocenters. The fraction of sp³-hybridized carbons (Fsp3) is 0.269. The number of nitrogen functional groups attached to an aromatic ring is 1. The minimum absolute atomic E-state index is 0.0517. The SMILES string of the molecule is Nc1nn2cc(F)cnc2c1C(=O)Nc1cnccc1-c1ccc(C(=O)N2CCN3CCC2CC3)cc1F. The Labute approximate surface area is 216 Å². The van der Waals surface area contributed by atoms with E-state index in [1.54, 1.807) is 12.1 Å². The van der Waals surface area contributed by atoms with Crippen molar-refractivity contribution in [1.82, 2.24) is 29.4 Å². The molecule has 3 saturated heterocycles. The van der Waals surface area contributed by atoms with Crippen molar-refractivity contribution >= 4 is 29.0 Å². The van der Waals surface area contributed by atoms with Gasteiger partial charge in [0.15, 0.2) is 17.3 Å². The van der Waals surface area contributed by atoms with E-state index in [2.05, 4.69) is 25.3 Å². The fourth-order valence-corrected chi connectivity index (χ4v) is 5.25. The first kappa shape index (κ1) is 23.9. The number of carbonyl (C=O) groups is 2. The maximum atomic E-state index is 15.4. The average molecular weight is 519 g/mol. The number of fused-ring (bicyclic) bond motifs is 5. The maximum absolute atomic E-state index is 15.4. The van der Waals surface area contributed by atoms with E-state index < -0.39 is 17.5 Å². The van der Waals surface area contributed by atoms with Gasteiger partial charge in [-0.3, -0.25) is 14.6 Å². The van der Waals surface area contributed by atoms with Crippen molar-refractivity contribution in [3.8, 4) is 11.1 Å². The number of amides is 2. The number of hydrogen-bond donors (Lipinski definition) is 2. The second-order valence-corrected chi connectivity index (χ2v) is 9.44. The largest absolute Gasteiger partial charge is 0.381 e. The van der Waals surface area contributed by atoms with Crippen LogP contribution in [0, 0.1) is 11.6 Å². The number of nitrogens with one attached hydrogen (secondary N) is 1. The number of halogens is 2. The number of hydrogen-bond acceptors (Lipinski definition) is 7. The van der Waals surface area contributed by atoms with Gasteiger partial charge in [-0.1, -0.05) is 6.07 Å². The van der Waals surface area contributed by atoms with Crippen molar-refractivity contribution in [3.05, 3.63) is 71.8 Å². The topological polar surface area (TPSA) is 122 Å². The summed E-state index contributed by atoms with van der Waals surface area (Å²) in [7, 11) is 0. The molecule has 3 aliphatic rings. The van der Waals surface area contributed by atoms with Crippen molar-refractivity contribution in [3.63, 3.8) is 0 Å². The van der Waals surface area contributed by atoms with Gasteiger partial charge >= 0.3 is 0 Å². The van der Waals surface area contributed by atoms with E-state index >= 15 is 4.39 Å². The number of aromatic nitrogens is 4. The van der Waals surface area contributed by atoms with Gasteiger partial charge in [0, 0.05) is 55.1 Å². The normalized spacial score (nSPS) is 18.9. The van der Waals surface area contributed by atoms with Gasteiger partial charge in [0.25, 0.3) is 11.8 Å². The van der Waals surface area contributed by atoms with E-state index in [-0.39, 0.29) is 45.8 Å². The van der Waals surface area contributed by atoms with Gasteiger partial charge in [-0.2, -0.15) is 0 Å². The minimum atomic E-state index is -0.662. The zero-order valence-corrected chi connectivity index (χ0v) is 20.3. The van der Waals surface area contributed by atoms with Gasteiger partial charge in [-0.05, 0) is 31.0 Å². The predicted molar refractivity (Wildman–Crippen MR) is 135 cm³/mol. The fourth-order valence-electron chi connectivity index (χ4n) is 5.25. The molecule has 0 saturated carbocycles. The van der Waals surface area contributed by atoms with E-state index in [1.807, 2.05) is 4.90 Å². The van der Waals surface area contributed by atoms with Crippen LogP contribution in [0.4, 0.5) is 20.3 Å². The molecule has 7 rings (SSSR count). The van der Waals surface area contributed by atoms with Crippen LogP contribution in [-0.4, -0.2) is 73.4 Å². The molecule has 2 bridgehead atoms. The summed E-state index contributed by atoms with van der Waals surface area (Å²) in [5.41, 5.74) is 6.97. The number of nitrogens with zero attached hydrogens (tertiary/aromatic N) is 6. The van der Waals surface area contributed by atoms with E-state index in [4.69, 9.17) is 5.73 Å². The van der Waals surface area contributed by atoms with E-state index in [0.29, 0.717) is 12.1 Å². The highest BCUT2D eigenvalue weighted by Gasteiger charge is 2.32. The quantitative estimate of drug-likeness (QED) is 0.426. The van der Waals surface area contributed by atoms with E-state index in [9.17, 15) is 14.0 Å². The number of piperidine rings is 1. The smallest absolute Gasteiger partial charge is 0.263 e. The molecular formula is C26H24F2N8O2. The van der Waals surface area contributed by atoms with Gasteiger partial charge in [-0.25, -0.2) is 18.3 Å². The summed E-state index contributed by atoms with van der Waals surface area (Å²) in [5.74, 6) is -2.23. The lowest BCUT2D eigenvalue weighted by atomic mass is 10.0. The lowest BCUT2D eigenvalue weighted by Crippen LogP contribution is -2.41. The molecular weight excluding hydrogens is 494 g/mol. The Bertz CT molecular complexity index is 1560. The molecule has 0 aliphatic carbocycles. The van der Waals surface area contributed by atoms with Crippen LogP contribution in [0.15, 0.2) is 49.1 Å². The number of carbonyl (C=O) groups excluding carboxylic acids is 2. The summed E-state index contributed by atoms with van der Waals surface area (Å²) < 4.78 is 30.0. The summed E-state index contributed by atoms with van der Waals surface area (Å²) in [4.78, 5) is 38.6. The first-order valence-electron chi connectivity index (χ1n) is 12.3. The molecule has 12 heteroatoms. The molecule has 3 aromatic heterocycles. The van der Waals surface area contributed by atoms with Gasteiger partial charge < -0.3 is 20.9 Å². The van der Waals surface area contributed by atoms with E-state index in [0.717, 1.165) is 49.4 Å².